The minimum atomic E-state index is -0.117. The predicted molar refractivity (Wildman–Crippen MR) is 67.3 cm³/mol. The molecule has 0 fully saturated rings. The van der Waals surface area contributed by atoms with E-state index in [1.54, 1.807) is 24.0 Å². The van der Waals surface area contributed by atoms with Crippen molar-refractivity contribution < 1.29 is 9.90 Å². The number of aryl methyl sites for hydroxylation is 1. The maximum absolute atomic E-state index is 12.2. The van der Waals surface area contributed by atoms with Crippen LogP contribution in [-0.2, 0) is 0 Å². The number of nitrogens with zero attached hydrogens (tertiary/aromatic N) is 2. The standard InChI is InChI=1S/C12H17ClN2O2/c1-3-4-15(5-6-16)12(17)10-7-9(2)14-11(13)8-10/h7-8,16H,3-6H2,1-2H3. The van der Waals surface area contributed by atoms with Crippen LogP contribution in [0.1, 0.15) is 29.4 Å². The number of hydrogen-bond acceptors (Lipinski definition) is 3. The molecule has 0 spiro atoms. The number of aromatic nitrogens is 1. The molecule has 1 aromatic rings. The summed E-state index contributed by atoms with van der Waals surface area (Å²) in [7, 11) is 0. The Morgan fingerprint density at radius 3 is 2.71 bits per heavy atom. The van der Waals surface area contributed by atoms with Gasteiger partial charge in [0, 0.05) is 24.3 Å². The molecular formula is C12H17ClN2O2. The fourth-order valence-corrected chi connectivity index (χ4v) is 1.89. The molecule has 0 radical (unpaired) electrons. The minimum absolute atomic E-state index is 0.0382. The van der Waals surface area contributed by atoms with Crippen LogP contribution in [0.3, 0.4) is 0 Å². The van der Waals surface area contributed by atoms with Crippen LogP contribution in [0, 0.1) is 6.92 Å². The second kappa shape index (κ2) is 6.57. The highest BCUT2D eigenvalue weighted by Crippen LogP contribution is 2.13. The predicted octanol–water partition coefficient (Wildman–Crippen LogP) is 1.89. The Hall–Kier alpha value is -1.13. The fraction of sp³-hybridized carbons (Fsp3) is 0.500. The summed E-state index contributed by atoms with van der Waals surface area (Å²) in [6.45, 7) is 4.70. The van der Waals surface area contributed by atoms with Gasteiger partial charge >= 0.3 is 0 Å². The molecule has 1 aromatic heterocycles. The zero-order valence-electron chi connectivity index (χ0n) is 10.1. The Labute approximate surface area is 106 Å². The average molecular weight is 257 g/mol. The smallest absolute Gasteiger partial charge is 0.254 e. The van der Waals surface area contributed by atoms with Gasteiger partial charge in [0.2, 0.25) is 0 Å². The van der Waals surface area contributed by atoms with E-state index < -0.39 is 0 Å². The molecule has 5 heteroatoms. The van der Waals surface area contributed by atoms with Crippen molar-refractivity contribution in [2.75, 3.05) is 19.7 Å². The number of carbonyl (C=O) groups excluding carboxylic acids is 1. The number of halogens is 1. The molecule has 0 bridgehead atoms. The minimum Gasteiger partial charge on any atom is -0.395 e. The molecule has 1 N–H and O–H groups in total. The molecular weight excluding hydrogens is 240 g/mol. The Balaban J connectivity index is 2.92. The van der Waals surface area contributed by atoms with Crippen LogP contribution in [-0.4, -0.2) is 40.6 Å². The second-order valence-corrected chi connectivity index (χ2v) is 4.22. The van der Waals surface area contributed by atoms with Crippen LogP contribution >= 0.6 is 11.6 Å². The third kappa shape index (κ3) is 3.98. The van der Waals surface area contributed by atoms with E-state index >= 15 is 0 Å². The zero-order chi connectivity index (χ0) is 12.8. The molecule has 1 amide bonds. The molecule has 0 unspecified atom stereocenters. The van der Waals surface area contributed by atoms with Crippen molar-refractivity contribution in [2.45, 2.75) is 20.3 Å². The van der Waals surface area contributed by atoms with E-state index in [1.807, 2.05) is 6.92 Å². The maximum Gasteiger partial charge on any atom is 0.254 e. The van der Waals surface area contributed by atoms with Crippen LogP contribution in [0.15, 0.2) is 12.1 Å². The Bertz CT molecular complexity index is 370. The van der Waals surface area contributed by atoms with Crippen molar-refractivity contribution >= 4 is 17.5 Å². The number of carbonyl (C=O) groups is 1. The first-order valence-corrected chi connectivity index (χ1v) is 6.00. The van der Waals surface area contributed by atoms with Crippen LogP contribution < -0.4 is 0 Å². The van der Waals surface area contributed by atoms with Gasteiger partial charge in [0.1, 0.15) is 5.15 Å². The summed E-state index contributed by atoms with van der Waals surface area (Å²) in [5.74, 6) is -0.117. The summed E-state index contributed by atoms with van der Waals surface area (Å²) < 4.78 is 0. The van der Waals surface area contributed by atoms with Crippen molar-refractivity contribution in [1.82, 2.24) is 9.88 Å². The van der Waals surface area contributed by atoms with Crippen molar-refractivity contribution in [1.29, 1.82) is 0 Å². The summed E-state index contributed by atoms with van der Waals surface area (Å²) in [5, 5.41) is 9.25. The average Bonchev–Trinajstić information content (AvgIpc) is 2.26. The van der Waals surface area contributed by atoms with Gasteiger partial charge in [-0.1, -0.05) is 18.5 Å². The monoisotopic (exact) mass is 256 g/mol. The van der Waals surface area contributed by atoms with Gasteiger partial charge in [-0.05, 0) is 25.5 Å². The van der Waals surface area contributed by atoms with Crippen LogP contribution in [0.25, 0.3) is 0 Å². The molecule has 0 atom stereocenters. The highest BCUT2D eigenvalue weighted by Gasteiger charge is 2.15. The molecule has 0 aliphatic carbocycles. The Kier molecular flexibility index (Phi) is 5.38. The number of aliphatic hydroxyl groups is 1. The number of aliphatic hydroxyl groups excluding tert-OH is 1. The first-order chi connectivity index (χ1) is 8.08. The first-order valence-electron chi connectivity index (χ1n) is 5.62. The second-order valence-electron chi connectivity index (χ2n) is 3.84. The molecule has 94 valence electrons. The lowest BCUT2D eigenvalue weighted by atomic mass is 10.2. The van der Waals surface area contributed by atoms with Crippen molar-refractivity contribution in [3.63, 3.8) is 0 Å². The van der Waals surface area contributed by atoms with Crippen LogP contribution in [0.5, 0.6) is 0 Å². The SMILES string of the molecule is CCCN(CCO)C(=O)c1cc(C)nc(Cl)c1. The number of rotatable bonds is 5. The molecule has 0 saturated carbocycles. The summed E-state index contributed by atoms with van der Waals surface area (Å²) in [6.07, 6.45) is 0.851. The summed E-state index contributed by atoms with van der Waals surface area (Å²) in [6, 6.07) is 3.26. The molecule has 0 aromatic carbocycles. The van der Waals surface area contributed by atoms with Crippen LogP contribution in [0.4, 0.5) is 0 Å². The van der Waals surface area contributed by atoms with E-state index in [9.17, 15) is 4.79 Å². The number of hydrogen-bond donors (Lipinski definition) is 1. The van der Waals surface area contributed by atoms with E-state index in [0.29, 0.717) is 29.5 Å². The van der Waals surface area contributed by atoms with Gasteiger partial charge < -0.3 is 10.0 Å². The van der Waals surface area contributed by atoms with Gasteiger partial charge in [0.05, 0.1) is 6.61 Å². The normalized spacial score (nSPS) is 10.4. The third-order valence-electron chi connectivity index (χ3n) is 2.32. The fourth-order valence-electron chi connectivity index (χ4n) is 1.64. The molecule has 1 rings (SSSR count). The van der Waals surface area contributed by atoms with Gasteiger partial charge in [-0.15, -0.1) is 0 Å². The Morgan fingerprint density at radius 2 is 2.18 bits per heavy atom. The molecule has 4 nitrogen and oxygen atoms in total. The largest absolute Gasteiger partial charge is 0.395 e. The maximum atomic E-state index is 12.2. The Morgan fingerprint density at radius 1 is 1.47 bits per heavy atom. The summed E-state index contributed by atoms with van der Waals surface area (Å²) >= 11 is 5.82. The number of amides is 1. The lowest BCUT2D eigenvalue weighted by molar-refractivity contribution is 0.0721. The van der Waals surface area contributed by atoms with Crippen molar-refractivity contribution in [3.05, 3.63) is 28.5 Å². The van der Waals surface area contributed by atoms with E-state index in [1.165, 1.54) is 0 Å². The van der Waals surface area contributed by atoms with E-state index in [-0.39, 0.29) is 12.5 Å². The summed E-state index contributed by atoms with van der Waals surface area (Å²) in [5.41, 5.74) is 1.23. The van der Waals surface area contributed by atoms with Gasteiger partial charge in [-0.3, -0.25) is 4.79 Å². The van der Waals surface area contributed by atoms with Gasteiger partial charge in [0.25, 0.3) is 5.91 Å². The van der Waals surface area contributed by atoms with Crippen molar-refractivity contribution in [3.8, 4) is 0 Å². The van der Waals surface area contributed by atoms with E-state index in [2.05, 4.69) is 4.98 Å². The van der Waals surface area contributed by atoms with Crippen LogP contribution in [0.2, 0.25) is 5.15 Å². The van der Waals surface area contributed by atoms with E-state index in [0.717, 1.165) is 6.42 Å². The molecule has 0 saturated heterocycles. The highest BCUT2D eigenvalue weighted by atomic mass is 35.5. The van der Waals surface area contributed by atoms with Gasteiger partial charge in [-0.2, -0.15) is 0 Å². The molecule has 0 aliphatic rings. The summed E-state index contributed by atoms with van der Waals surface area (Å²) in [4.78, 5) is 17.8. The lowest BCUT2D eigenvalue weighted by Gasteiger charge is -2.21. The highest BCUT2D eigenvalue weighted by molar-refractivity contribution is 6.29. The molecule has 1 heterocycles. The quantitative estimate of drug-likeness (QED) is 0.819. The molecule has 0 aliphatic heterocycles. The van der Waals surface area contributed by atoms with Gasteiger partial charge in [-0.25, -0.2) is 4.98 Å². The zero-order valence-corrected chi connectivity index (χ0v) is 10.9. The molecule has 17 heavy (non-hydrogen) atoms. The first kappa shape index (κ1) is 13.9. The van der Waals surface area contributed by atoms with E-state index in [4.69, 9.17) is 16.7 Å². The number of pyridine rings is 1. The lowest BCUT2D eigenvalue weighted by Crippen LogP contribution is -2.34. The third-order valence-corrected chi connectivity index (χ3v) is 2.51. The van der Waals surface area contributed by atoms with Gasteiger partial charge in [0.15, 0.2) is 0 Å². The topological polar surface area (TPSA) is 53.4 Å². The van der Waals surface area contributed by atoms with Crippen molar-refractivity contribution in [2.24, 2.45) is 0 Å².